The van der Waals surface area contributed by atoms with E-state index in [1.165, 1.54) is 6.20 Å². The molecule has 0 aliphatic rings. The quantitative estimate of drug-likeness (QED) is 0.633. The van der Waals surface area contributed by atoms with E-state index in [2.05, 4.69) is 9.97 Å². The van der Waals surface area contributed by atoms with Crippen molar-refractivity contribution in [2.24, 2.45) is 0 Å². The third kappa shape index (κ3) is 2.60. The summed E-state index contributed by atoms with van der Waals surface area (Å²) in [4.78, 5) is 30.0. The van der Waals surface area contributed by atoms with Crippen molar-refractivity contribution in [3.05, 3.63) is 38.3 Å². The number of aryl methyl sites for hydroxylation is 1. The van der Waals surface area contributed by atoms with E-state index in [1.54, 1.807) is 23.3 Å². The number of hydrogen-bond acceptors (Lipinski definition) is 6. The van der Waals surface area contributed by atoms with Crippen LogP contribution in [0.15, 0.2) is 21.5 Å². The normalized spacial score (nSPS) is 10.3. The minimum Gasteiger partial charge on any atom is -0.440 e. The number of nitrogens with zero attached hydrogens (tertiary/aromatic N) is 3. The Kier molecular flexibility index (Phi) is 3.42. The summed E-state index contributed by atoms with van der Waals surface area (Å²) in [6, 6.07) is 1.79. The van der Waals surface area contributed by atoms with Crippen molar-refractivity contribution >= 4 is 11.8 Å². The molecular formula is C11H13N5O4. The Labute approximate surface area is 113 Å². The second-order valence-electron chi connectivity index (χ2n) is 4.33. The predicted octanol–water partition coefficient (Wildman–Crippen LogP) is 1.01. The van der Waals surface area contributed by atoms with Crippen molar-refractivity contribution < 1.29 is 9.45 Å². The average Bonchev–Trinajstić information content (AvgIpc) is 2.71. The Balaban J connectivity index is 2.43. The molecule has 0 spiro atoms. The van der Waals surface area contributed by atoms with Gasteiger partial charge in [0.15, 0.2) is 10.9 Å². The molecule has 9 nitrogen and oxygen atoms in total. The average molecular weight is 279 g/mol. The van der Waals surface area contributed by atoms with Crippen LogP contribution in [0, 0.1) is 17.0 Å². The molecule has 0 radical (unpaired) electrons. The van der Waals surface area contributed by atoms with Gasteiger partial charge in [-0.1, -0.05) is 5.43 Å². The number of nitro groups is 1. The van der Waals surface area contributed by atoms with Gasteiger partial charge in [0.25, 0.3) is 11.5 Å². The fraction of sp³-hybridized carbons (Fsp3) is 0.273. The van der Waals surface area contributed by atoms with Gasteiger partial charge < -0.3 is 9.32 Å². The minimum absolute atomic E-state index is 0.212. The maximum atomic E-state index is 11.9. The zero-order valence-corrected chi connectivity index (χ0v) is 11.1. The van der Waals surface area contributed by atoms with Crippen molar-refractivity contribution in [1.82, 2.24) is 9.97 Å². The number of hydrogen-bond donors (Lipinski definition) is 2. The van der Waals surface area contributed by atoms with Gasteiger partial charge in [-0.15, -0.1) is 0 Å². The molecule has 0 saturated carbocycles. The highest BCUT2D eigenvalue weighted by Crippen LogP contribution is 2.28. The lowest BCUT2D eigenvalue weighted by atomic mass is 10.2. The van der Waals surface area contributed by atoms with Crippen LogP contribution < -0.4 is 15.9 Å². The second-order valence-corrected chi connectivity index (χ2v) is 4.33. The third-order valence-corrected chi connectivity index (χ3v) is 2.59. The lowest BCUT2D eigenvalue weighted by Crippen LogP contribution is -2.17. The molecule has 0 aromatic carbocycles. The van der Waals surface area contributed by atoms with E-state index in [4.69, 9.17) is 4.42 Å². The molecule has 0 fully saturated rings. The molecule has 0 bridgehead atoms. The van der Waals surface area contributed by atoms with Crippen molar-refractivity contribution in [2.75, 3.05) is 24.4 Å². The molecule has 106 valence electrons. The van der Waals surface area contributed by atoms with E-state index in [0.29, 0.717) is 11.6 Å². The van der Waals surface area contributed by atoms with Crippen LogP contribution in [-0.2, 0) is 0 Å². The molecule has 0 atom stereocenters. The fourth-order valence-electron chi connectivity index (χ4n) is 1.65. The van der Waals surface area contributed by atoms with Gasteiger partial charge in [0.1, 0.15) is 11.3 Å². The third-order valence-electron chi connectivity index (χ3n) is 2.59. The van der Waals surface area contributed by atoms with Gasteiger partial charge in [-0.05, 0) is 12.5 Å². The van der Waals surface area contributed by atoms with Gasteiger partial charge in [0, 0.05) is 26.4 Å². The molecular weight excluding hydrogens is 266 g/mol. The number of aromatic amines is 1. The Morgan fingerprint density at radius 3 is 2.70 bits per heavy atom. The minimum atomic E-state index is -0.805. The van der Waals surface area contributed by atoms with E-state index in [0.717, 1.165) is 5.56 Å². The highest BCUT2D eigenvalue weighted by atomic mass is 16.7. The Morgan fingerprint density at radius 2 is 2.20 bits per heavy atom. The maximum absolute atomic E-state index is 11.9. The number of anilines is 2. The molecule has 2 N–H and O–H groups in total. The van der Waals surface area contributed by atoms with Gasteiger partial charge in [-0.2, -0.15) is 0 Å². The molecule has 0 unspecified atom stereocenters. The summed E-state index contributed by atoms with van der Waals surface area (Å²) in [7, 11) is 3.63. The number of H-pyrrole nitrogens is 1. The first-order valence-electron chi connectivity index (χ1n) is 5.67. The standard InChI is InChI=1S/C11H13N5O4/c1-6-4-8(15(2)3)20-9(6)7-5-12-11(13-10(7)17)14-16(18)19/h4-5H,1-3H3,(H2,12,13,14,17). The van der Waals surface area contributed by atoms with E-state index in [9.17, 15) is 14.9 Å². The molecule has 2 aromatic heterocycles. The molecule has 2 heterocycles. The summed E-state index contributed by atoms with van der Waals surface area (Å²) in [5, 5.41) is 9.47. The Hall–Kier alpha value is -2.84. The molecule has 2 rings (SSSR count). The van der Waals surface area contributed by atoms with E-state index in [-0.39, 0.29) is 11.5 Å². The molecule has 9 heteroatoms. The first-order chi connectivity index (χ1) is 9.38. The number of rotatable bonds is 4. The van der Waals surface area contributed by atoms with Crippen LogP contribution in [0.25, 0.3) is 11.3 Å². The fourth-order valence-corrected chi connectivity index (χ4v) is 1.65. The van der Waals surface area contributed by atoms with Crippen LogP contribution >= 0.6 is 0 Å². The summed E-state index contributed by atoms with van der Waals surface area (Å²) in [5.41, 5.74) is 2.24. The van der Waals surface area contributed by atoms with E-state index in [1.807, 2.05) is 14.1 Å². The lowest BCUT2D eigenvalue weighted by molar-refractivity contribution is -0.446. The van der Waals surface area contributed by atoms with Crippen LogP contribution in [-0.4, -0.2) is 29.1 Å². The van der Waals surface area contributed by atoms with E-state index < -0.39 is 10.6 Å². The Morgan fingerprint density at radius 1 is 1.50 bits per heavy atom. The van der Waals surface area contributed by atoms with Crippen LogP contribution in [0.2, 0.25) is 0 Å². The van der Waals surface area contributed by atoms with Gasteiger partial charge in [-0.25, -0.2) is 15.1 Å². The SMILES string of the molecule is Cc1cc(N(C)C)oc1-c1cnc(N[N+](=O)[O-])[nH]c1=O. The molecule has 0 amide bonds. The predicted molar refractivity (Wildman–Crippen MR) is 72.2 cm³/mol. The first-order valence-corrected chi connectivity index (χ1v) is 5.67. The second kappa shape index (κ2) is 5.03. The van der Waals surface area contributed by atoms with Crippen LogP contribution in [0.4, 0.5) is 11.8 Å². The van der Waals surface area contributed by atoms with Crippen molar-refractivity contribution in [1.29, 1.82) is 0 Å². The summed E-state index contributed by atoms with van der Waals surface area (Å²) in [6.45, 7) is 1.80. The zero-order chi connectivity index (χ0) is 14.9. The molecule has 0 aliphatic heterocycles. The van der Waals surface area contributed by atoms with Crippen LogP contribution in [0.5, 0.6) is 0 Å². The topological polar surface area (TPSA) is 117 Å². The van der Waals surface area contributed by atoms with Crippen molar-refractivity contribution in [3.8, 4) is 11.3 Å². The van der Waals surface area contributed by atoms with Crippen LogP contribution in [0.1, 0.15) is 5.56 Å². The number of hydrazine groups is 1. The van der Waals surface area contributed by atoms with Gasteiger partial charge >= 0.3 is 0 Å². The molecule has 20 heavy (non-hydrogen) atoms. The van der Waals surface area contributed by atoms with Gasteiger partial charge in [-0.3, -0.25) is 9.78 Å². The van der Waals surface area contributed by atoms with Gasteiger partial charge in [0.2, 0.25) is 0 Å². The number of nitrogens with one attached hydrogen (secondary N) is 2. The monoisotopic (exact) mass is 279 g/mol. The number of aromatic nitrogens is 2. The summed E-state index contributed by atoms with van der Waals surface area (Å²) in [6.07, 6.45) is 1.23. The van der Waals surface area contributed by atoms with Crippen molar-refractivity contribution in [2.45, 2.75) is 6.92 Å². The highest BCUT2D eigenvalue weighted by Gasteiger charge is 2.15. The molecule has 2 aromatic rings. The smallest absolute Gasteiger partial charge is 0.265 e. The first kappa shape index (κ1) is 13.6. The molecule has 0 saturated heterocycles. The van der Waals surface area contributed by atoms with Crippen LogP contribution in [0.3, 0.4) is 0 Å². The largest absolute Gasteiger partial charge is 0.440 e. The molecule has 0 aliphatic carbocycles. The highest BCUT2D eigenvalue weighted by molar-refractivity contribution is 5.63. The summed E-state index contributed by atoms with van der Waals surface area (Å²) >= 11 is 0. The maximum Gasteiger partial charge on any atom is 0.265 e. The van der Waals surface area contributed by atoms with Crippen molar-refractivity contribution in [3.63, 3.8) is 0 Å². The van der Waals surface area contributed by atoms with E-state index >= 15 is 0 Å². The Bertz CT molecular complexity index is 703. The zero-order valence-electron chi connectivity index (χ0n) is 11.1. The summed E-state index contributed by atoms with van der Waals surface area (Å²) in [5.74, 6) is 0.750. The van der Waals surface area contributed by atoms with Gasteiger partial charge in [0.05, 0.1) is 0 Å². The number of furan rings is 1. The lowest BCUT2D eigenvalue weighted by Gasteiger charge is -2.06. The summed E-state index contributed by atoms with van der Waals surface area (Å²) < 4.78 is 5.58.